The van der Waals surface area contributed by atoms with Crippen molar-refractivity contribution in [2.45, 2.75) is 59.3 Å². The van der Waals surface area contributed by atoms with Crippen molar-refractivity contribution in [1.82, 2.24) is 4.90 Å². The number of aryl methyl sites for hydroxylation is 1. The standard InChI is InChI=1S/C21H35NO/c1-4-19-7-9-21(10-8-19)23-17-13-20-11-15-22(16-12-20)14-5-6-18(2)3/h7-10,18,20H,4-6,11-17H2,1-3H3. The second-order valence-electron chi connectivity index (χ2n) is 7.46. The van der Waals surface area contributed by atoms with Crippen LogP contribution in [0.5, 0.6) is 5.75 Å². The second kappa shape index (κ2) is 9.97. The number of rotatable bonds is 9. The summed E-state index contributed by atoms with van der Waals surface area (Å²) in [4.78, 5) is 2.66. The highest BCUT2D eigenvalue weighted by Gasteiger charge is 2.18. The Morgan fingerprint density at radius 2 is 1.83 bits per heavy atom. The van der Waals surface area contributed by atoms with E-state index in [0.29, 0.717) is 0 Å². The van der Waals surface area contributed by atoms with Gasteiger partial charge in [0.1, 0.15) is 5.75 Å². The molecule has 1 aromatic carbocycles. The maximum absolute atomic E-state index is 5.91. The topological polar surface area (TPSA) is 12.5 Å². The SMILES string of the molecule is CCc1ccc(OCCC2CCN(CCCC(C)C)CC2)cc1. The normalized spacial score (nSPS) is 16.9. The quantitative estimate of drug-likeness (QED) is 0.623. The molecule has 1 aliphatic heterocycles. The number of hydrogen-bond donors (Lipinski definition) is 0. The largest absolute Gasteiger partial charge is 0.494 e. The summed E-state index contributed by atoms with van der Waals surface area (Å²) in [5.41, 5.74) is 1.38. The van der Waals surface area contributed by atoms with Crippen LogP contribution in [0.4, 0.5) is 0 Å². The molecule has 130 valence electrons. The highest BCUT2D eigenvalue weighted by Crippen LogP contribution is 2.22. The summed E-state index contributed by atoms with van der Waals surface area (Å²) in [6.07, 6.45) is 7.72. The minimum absolute atomic E-state index is 0.844. The van der Waals surface area contributed by atoms with Crippen LogP contribution in [0, 0.1) is 11.8 Å². The van der Waals surface area contributed by atoms with Crippen LogP contribution in [0.3, 0.4) is 0 Å². The Morgan fingerprint density at radius 1 is 1.13 bits per heavy atom. The minimum Gasteiger partial charge on any atom is -0.494 e. The molecular formula is C21H35NO. The fourth-order valence-electron chi connectivity index (χ4n) is 3.39. The van der Waals surface area contributed by atoms with Gasteiger partial charge in [-0.15, -0.1) is 0 Å². The van der Waals surface area contributed by atoms with Crippen LogP contribution in [-0.4, -0.2) is 31.1 Å². The molecule has 0 N–H and O–H groups in total. The van der Waals surface area contributed by atoms with E-state index in [1.54, 1.807) is 0 Å². The summed E-state index contributed by atoms with van der Waals surface area (Å²) in [6.45, 7) is 11.6. The molecule has 0 unspecified atom stereocenters. The molecule has 23 heavy (non-hydrogen) atoms. The molecule has 2 heteroatoms. The zero-order valence-corrected chi connectivity index (χ0v) is 15.4. The van der Waals surface area contributed by atoms with E-state index >= 15 is 0 Å². The molecule has 1 heterocycles. The molecule has 1 aliphatic rings. The van der Waals surface area contributed by atoms with Crippen molar-refractivity contribution in [3.05, 3.63) is 29.8 Å². The molecular weight excluding hydrogens is 282 g/mol. The van der Waals surface area contributed by atoms with E-state index in [2.05, 4.69) is 49.9 Å². The van der Waals surface area contributed by atoms with Gasteiger partial charge in [0.2, 0.25) is 0 Å². The maximum Gasteiger partial charge on any atom is 0.119 e. The summed E-state index contributed by atoms with van der Waals surface area (Å²) < 4.78 is 5.91. The van der Waals surface area contributed by atoms with Gasteiger partial charge in [0.25, 0.3) is 0 Å². The van der Waals surface area contributed by atoms with E-state index in [-0.39, 0.29) is 0 Å². The molecule has 1 aromatic rings. The van der Waals surface area contributed by atoms with Crippen molar-refractivity contribution >= 4 is 0 Å². The van der Waals surface area contributed by atoms with Crippen LogP contribution in [0.2, 0.25) is 0 Å². The zero-order valence-electron chi connectivity index (χ0n) is 15.4. The fourth-order valence-corrected chi connectivity index (χ4v) is 3.39. The molecule has 0 aromatic heterocycles. The Balaban J connectivity index is 1.57. The third kappa shape index (κ3) is 6.95. The number of piperidine rings is 1. The summed E-state index contributed by atoms with van der Waals surface area (Å²) in [7, 11) is 0. The van der Waals surface area contributed by atoms with E-state index in [4.69, 9.17) is 4.74 Å². The predicted octanol–water partition coefficient (Wildman–Crippen LogP) is 5.17. The molecule has 0 bridgehead atoms. The van der Waals surface area contributed by atoms with Crippen molar-refractivity contribution in [3.63, 3.8) is 0 Å². The van der Waals surface area contributed by atoms with Gasteiger partial charge in [-0.25, -0.2) is 0 Å². The first-order valence-corrected chi connectivity index (χ1v) is 9.61. The van der Waals surface area contributed by atoms with Crippen molar-refractivity contribution in [3.8, 4) is 5.75 Å². The maximum atomic E-state index is 5.91. The summed E-state index contributed by atoms with van der Waals surface area (Å²) in [6, 6.07) is 8.56. The van der Waals surface area contributed by atoms with E-state index in [1.807, 2.05) is 0 Å². The monoisotopic (exact) mass is 317 g/mol. The van der Waals surface area contributed by atoms with Gasteiger partial charge < -0.3 is 9.64 Å². The lowest BCUT2D eigenvalue weighted by molar-refractivity contribution is 0.160. The average molecular weight is 318 g/mol. The molecule has 0 amide bonds. The highest BCUT2D eigenvalue weighted by atomic mass is 16.5. The van der Waals surface area contributed by atoms with Crippen LogP contribution < -0.4 is 4.74 Å². The summed E-state index contributed by atoms with van der Waals surface area (Å²) in [5, 5.41) is 0. The fraction of sp³-hybridized carbons (Fsp3) is 0.714. The molecule has 2 nitrogen and oxygen atoms in total. The Hall–Kier alpha value is -1.02. The van der Waals surface area contributed by atoms with Crippen molar-refractivity contribution in [2.75, 3.05) is 26.2 Å². The van der Waals surface area contributed by atoms with Gasteiger partial charge in [0, 0.05) is 0 Å². The van der Waals surface area contributed by atoms with Gasteiger partial charge in [0.05, 0.1) is 6.61 Å². The number of hydrogen-bond acceptors (Lipinski definition) is 2. The van der Waals surface area contributed by atoms with Gasteiger partial charge in [0.15, 0.2) is 0 Å². The molecule has 0 aliphatic carbocycles. The predicted molar refractivity (Wildman–Crippen MR) is 99.2 cm³/mol. The molecule has 2 rings (SSSR count). The molecule has 0 radical (unpaired) electrons. The number of likely N-dealkylation sites (tertiary alicyclic amines) is 1. The molecule has 1 saturated heterocycles. The Kier molecular flexibility index (Phi) is 7.94. The van der Waals surface area contributed by atoms with Crippen molar-refractivity contribution in [1.29, 1.82) is 0 Å². The van der Waals surface area contributed by atoms with Gasteiger partial charge in [-0.05, 0) is 87.7 Å². The van der Waals surface area contributed by atoms with Gasteiger partial charge in [-0.2, -0.15) is 0 Å². The molecule has 0 atom stereocenters. The smallest absolute Gasteiger partial charge is 0.119 e. The summed E-state index contributed by atoms with van der Waals surface area (Å²) in [5.74, 6) is 2.72. The third-order valence-electron chi connectivity index (χ3n) is 5.09. The lowest BCUT2D eigenvalue weighted by Gasteiger charge is -2.32. The number of benzene rings is 1. The first kappa shape index (κ1) is 18.3. The Bertz CT molecular complexity index is 418. The van der Waals surface area contributed by atoms with Gasteiger partial charge in [-0.1, -0.05) is 32.9 Å². The lowest BCUT2D eigenvalue weighted by atomic mass is 9.93. The zero-order chi connectivity index (χ0) is 16.5. The lowest BCUT2D eigenvalue weighted by Crippen LogP contribution is -2.34. The highest BCUT2D eigenvalue weighted by molar-refractivity contribution is 5.27. The second-order valence-corrected chi connectivity index (χ2v) is 7.46. The number of ether oxygens (including phenoxy) is 1. The van der Waals surface area contributed by atoms with E-state index in [0.717, 1.165) is 30.6 Å². The number of nitrogens with zero attached hydrogens (tertiary/aromatic N) is 1. The third-order valence-corrected chi connectivity index (χ3v) is 5.09. The van der Waals surface area contributed by atoms with Crippen molar-refractivity contribution < 1.29 is 4.74 Å². The first-order chi connectivity index (χ1) is 11.2. The van der Waals surface area contributed by atoms with Crippen LogP contribution in [0.25, 0.3) is 0 Å². The summed E-state index contributed by atoms with van der Waals surface area (Å²) >= 11 is 0. The average Bonchev–Trinajstić information content (AvgIpc) is 2.57. The first-order valence-electron chi connectivity index (χ1n) is 9.61. The van der Waals surface area contributed by atoms with E-state index in [9.17, 15) is 0 Å². The van der Waals surface area contributed by atoms with Crippen LogP contribution in [-0.2, 0) is 6.42 Å². The van der Waals surface area contributed by atoms with E-state index in [1.165, 1.54) is 57.3 Å². The van der Waals surface area contributed by atoms with Crippen molar-refractivity contribution in [2.24, 2.45) is 11.8 Å². The Labute approximate surface area is 143 Å². The van der Waals surface area contributed by atoms with E-state index < -0.39 is 0 Å². The Morgan fingerprint density at radius 3 is 2.43 bits per heavy atom. The van der Waals surface area contributed by atoms with Gasteiger partial charge >= 0.3 is 0 Å². The van der Waals surface area contributed by atoms with Crippen LogP contribution in [0.1, 0.15) is 58.4 Å². The van der Waals surface area contributed by atoms with Crippen LogP contribution >= 0.6 is 0 Å². The molecule has 0 saturated carbocycles. The molecule has 1 fully saturated rings. The van der Waals surface area contributed by atoms with Crippen LogP contribution in [0.15, 0.2) is 24.3 Å². The van der Waals surface area contributed by atoms with Gasteiger partial charge in [-0.3, -0.25) is 0 Å². The minimum atomic E-state index is 0.844. The molecule has 0 spiro atoms.